The van der Waals surface area contributed by atoms with Crippen LogP contribution in [0.15, 0.2) is 205 Å². The lowest BCUT2D eigenvalue weighted by Crippen LogP contribution is -2.64. The van der Waals surface area contributed by atoms with Gasteiger partial charge in [0, 0.05) is 18.4 Å². The number of rotatable bonds is 23. The van der Waals surface area contributed by atoms with Crippen LogP contribution in [-0.4, -0.2) is 88.7 Å². The Hall–Kier alpha value is -6.88. The van der Waals surface area contributed by atoms with E-state index in [2.05, 4.69) is 10.2 Å². The molecule has 8 aromatic rings. The van der Waals surface area contributed by atoms with Crippen LogP contribution in [0.3, 0.4) is 0 Å². The first-order valence-corrected chi connectivity index (χ1v) is 26.0. The number of aliphatic hydroxyl groups is 2. The van der Waals surface area contributed by atoms with Gasteiger partial charge in [0.25, 0.3) is 0 Å². The van der Waals surface area contributed by atoms with Crippen molar-refractivity contribution in [3.05, 3.63) is 234 Å². The molecule has 2 N–H and O–H groups in total. The average Bonchev–Trinajstić information content (AvgIpc) is 3.95. The van der Waals surface area contributed by atoms with Crippen LogP contribution >= 0.6 is 0 Å². The molecule has 0 spiro atoms. The highest BCUT2D eigenvalue weighted by molar-refractivity contribution is 5.67. The molecule has 0 amide bonds. The Kier molecular flexibility index (Phi) is 18.2. The number of ether oxygens (including phenoxy) is 8. The van der Waals surface area contributed by atoms with Gasteiger partial charge in [-0.05, 0) is 69.6 Å². The highest BCUT2D eigenvalue weighted by atomic mass is 16.7. The van der Waals surface area contributed by atoms with Crippen molar-refractivity contribution in [1.29, 1.82) is 0 Å². The van der Waals surface area contributed by atoms with Crippen LogP contribution in [0, 0.1) is 12.8 Å². The lowest BCUT2D eigenvalue weighted by Gasteiger charge is -2.50. The molecule has 0 radical (unpaired) electrons. The monoisotopic (exact) mass is 1020 g/mol. The highest BCUT2D eigenvalue weighted by Crippen LogP contribution is 2.41. The third-order valence-corrected chi connectivity index (χ3v) is 13.9. The second-order valence-electron chi connectivity index (χ2n) is 19.2. The first-order valence-electron chi connectivity index (χ1n) is 26.0. The second kappa shape index (κ2) is 26.3. The first kappa shape index (κ1) is 52.6. The fraction of sp³-hybridized carbons (Fsp3) is 0.302. The summed E-state index contributed by atoms with van der Waals surface area (Å²) in [5.41, 5.74) is 7.56. The number of nitrogens with zero attached hydrogens (tertiary/aromatic N) is 2. The zero-order chi connectivity index (χ0) is 51.9. The van der Waals surface area contributed by atoms with Crippen molar-refractivity contribution >= 4 is 0 Å². The van der Waals surface area contributed by atoms with Crippen molar-refractivity contribution in [3.8, 4) is 28.3 Å². The van der Waals surface area contributed by atoms with Gasteiger partial charge >= 0.3 is 0 Å². The third kappa shape index (κ3) is 13.6. The van der Waals surface area contributed by atoms with E-state index in [0.717, 1.165) is 44.5 Å². The average molecular weight is 1030 g/mol. The molecular weight excluding hydrogens is 961 g/mol. The summed E-state index contributed by atoms with van der Waals surface area (Å²) in [6, 6.07) is 65.4. The molecule has 392 valence electrons. The molecule has 0 bridgehead atoms. The van der Waals surface area contributed by atoms with Gasteiger partial charge in [-0.2, -0.15) is 0 Å². The molecule has 13 heteroatoms. The van der Waals surface area contributed by atoms with Gasteiger partial charge in [0.1, 0.15) is 42.4 Å². The highest BCUT2D eigenvalue weighted by Gasteiger charge is 2.54. The Morgan fingerprint density at radius 1 is 0.395 bits per heavy atom. The van der Waals surface area contributed by atoms with Gasteiger partial charge in [-0.3, -0.25) is 0 Å². The van der Waals surface area contributed by atoms with E-state index in [1.807, 2.05) is 200 Å². The van der Waals surface area contributed by atoms with Crippen molar-refractivity contribution in [1.82, 2.24) is 10.2 Å². The number of hydrogen-bond acceptors (Lipinski definition) is 13. The molecule has 10 atom stereocenters. The van der Waals surface area contributed by atoms with Gasteiger partial charge in [0.15, 0.2) is 0 Å². The molecular formula is C63H64N2O11. The first-order chi connectivity index (χ1) is 37.5. The van der Waals surface area contributed by atoms with Crippen molar-refractivity contribution in [3.63, 3.8) is 0 Å². The van der Waals surface area contributed by atoms with Crippen LogP contribution in [0.5, 0.6) is 5.75 Å². The maximum Gasteiger partial charge on any atom is 0.247 e. The molecule has 2 saturated heterocycles. The Bertz CT molecular complexity index is 2940. The Morgan fingerprint density at radius 3 is 1.21 bits per heavy atom. The van der Waals surface area contributed by atoms with Crippen molar-refractivity contribution in [2.45, 2.75) is 102 Å². The predicted octanol–water partition coefficient (Wildman–Crippen LogP) is 10.5. The normalized spacial score (nSPS) is 23.5. The van der Waals surface area contributed by atoms with Gasteiger partial charge in [-0.1, -0.05) is 176 Å². The van der Waals surface area contributed by atoms with E-state index in [-0.39, 0.29) is 52.7 Å². The Labute approximate surface area is 443 Å². The zero-order valence-corrected chi connectivity index (χ0v) is 42.4. The topological polar surface area (TPSA) is 153 Å². The number of aryl methyl sites for hydroxylation is 1. The fourth-order valence-corrected chi connectivity index (χ4v) is 10.0. The number of aromatic nitrogens is 2. The molecule has 3 heterocycles. The molecule has 76 heavy (non-hydrogen) atoms. The molecule has 7 aromatic carbocycles. The summed E-state index contributed by atoms with van der Waals surface area (Å²) in [6.45, 7) is 2.22. The number of benzene rings is 7. The summed E-state index contributed by atoms with van der Waals surface area (Å²) in [7, 11) is 0. The van der Waals surface area contributed by atoms with E-state index in [4.69, 9.17) is 42.3 Å². The molecule has 2 aliphatic heterocycles. The van der Waals surface area contributed by atoms with Gasteiger partial charge in [0.2, 0.25) is 18.1 Å². The van der Waals surface area contributed by atoms with E-state index in [1.54, 1.807) is 6.92 Å². The summed E-state index contributed by atoms with van der Waals surface area (Å²) in [5.74, 6) is 0.933. The predicted molar refractivity (Wildman–Crippen MR) is 285 cm³/mol. The number of aliphatic hydroxyl groups excluding tert-OH is 2. The van der Waals surface area contributed by atoms with Gasteiger partial charge < -0.3 is 52.5 Å². The largest absolute Gasteiger partial charge is 0.462 e. The van der Waals surface area contributed by atoms with E-state index >= 15 is 0 Å². The van der Waals surface area contributed by atoms with Crippen LogP contribution in [-0.2, 0) is 66.2 Å². The van der Waals surface area contributed by atoms with E-state index in [0.29, 0.717) is 17.5 Å². The molecule has 0 aliphatic carbocycles. The maximum absolute atomic E-state index is 11.3. The van der Waals surface area contributed by atoms with Crippen LogP contribution in [0.1, 0.15) is 40.1 Å². The van der Waals surface area contributed by atoms with Crippen LogP contribution < -0.4 is 4.74 Å². The Balaban J connectivity index is 1.01. The van der Waals surface area contributed by atoms with Gasteiger partial charge in [-0.25, -0.2) is 0 Å². The maximum atomic E-state index is 11.3. The van der Waals surface area contributed by atoms with E-state index in [1.165, 1.54) is 0 Å². The van der Waals surface area contributed by atoms with Crippen molar-refractivity contribution in [2.24, 2.45) is 5.92 Å². The molecule has 0 unspecified atom stereocenters. The van der Waals surface area contributed by atoms with Crippen molar-refractivity contribution in [2.75, 3.05) is 13.2 Å². The quantitative estimate of drug-likeness (QED) is 0.0626. The minimum atomic E-state index is -1.03. The standard InChI is InChI=1S/C63H64N2O11/c1-43-64-65-62(73-43)51-29-27-49(28-30-51)50-31-33-52(34-32-50)74-63-58(69-39-45-19-9-3-10-20-45)53(57(55(36-66)76-63)68-38-44-17-7-2-8-18-44)35-54-59(70-40-46-21-11-4-12-22-46)61(72-42-48-25-15-6-16-26-48)60(56(37-67)75-54)71-41-47-23-13-5-14-24-47/h2-34,53-61,63,66-67H,35-42H2,1H3/t53-,54+,55+,56+,57-,58-,59+,60+,61+,63-/m0/s1. The lowest BCUT2D eigenvalue weighted by molar-refractivity contribution is -0.303. The molecule has 2 aliphatic rings. The van der Waals surface area contributed by atoms with Gasteiger partial charge in [-0.15, -0.1) is 10.2 Å². The minimum Gasteiger partial charge on any atom is -0.462 e. The van der Waals surface area contributed by atoms with Crippen molar-refractivity contribution < 1.29 is 52.5 Å². The lowest BCUT2D eigenvalue weighted by atomic mass is 9.80. The second-order valence-corrected chi connectivity index (χ2v) is 19.2. The van der Waals surface area contributed by atoms with Gasteiger partial charge in [0.05, 0.1) is 58.5 Å². The smallest absolute Gasteiger partial charge is 0.247 e. The molecule has 10 rings (SSSR count). The van der Waals surface area contributed by atoms with Crippen LogP contribution in [0.2, 0.25) is 0 Å². The van der Waals surface area contributed by atoms with E-state index < -0.39 is 61.0 Å². The molecule has 0 saturated carbocycles. The summed E-state index contributed by atoms with van der Waals surface area (Å²) >= 11 is 0. The summed E-state index contributed by atoms with van der Waals surface area (Å²) in [5, 5.41) is 30.8. The zero-order valence-electron chi connectivity index (χ0n) is 42.4. The molecule has 1 aromatic heterocycles. The third-order valence-electron chi connectivity index (χ3n) is 13.9. The van der Waals surface area contributed by atoms with Crippen LogP contribution in [0.4, 0.5) is 0 Å². The fourth-order valence-electron chi connectivity index (χ4n) is 10.0. The van der Waals surface area contributed by atoms with Crippen LogP contribution in [0.25, 0.3) is 22.6 Å². The SMILES string of the molecule is Cc1nnc(-c2ccc(-c3ccc(O[C@H]4O[C@H](CO)[C@@H](OCc5ccccc5)[C@H](C[C@H]5O[C@H](CO)[C@@H](OCc6ccccc6)[C@H](OCc6ccccc6)[C@@H]5OCc5ccccc5)[C@@H]4OCc4ccccc4)cc3)cc2)o1. The van der Waals surface area contributed by atoms with E-state index in [9.17, 15) is 10.2 Å². The summed E-state index contributed by atoms with van der Waals surface area (Å²) in [6.07, 6.45) is -6.95. The minimum absolute atomic E-state index is 0.218. The summed E-state index contributed by atoms with van der Waals surface area (Å²) in [4.78, 5) is 0. The molecule has 13 nitrogen and oxygen atoms in total. The number of hydrogen-bond donors (Lipinski definition) is 2. The summed E-state index contributed by atoms with van der Waals surface area (Å²) < 4.78 is 61.2. The Morgan fingerprint density at radius 2 is 0.776 bits per heavy atom. The molecule has 2 fully saturated rings.